The van der Waals surface area contributed by atoms with Crippen molar-refractivity contribution >= 4 is 78.5 Å². The molecule has 0 N–H and O–H groups in total. The predicted octanol–water partition coefficient (Wildman–Crippen LogP) is 12.5. The van der Waals surface area contributed by atoms with Crippen LogP contribution in [-0.2, 0) is 0 Å². The lowest BCUT2D eigenvalue weighted by atomic mass is 10.0. The molecule has 10 aromatic carbocycles. The SMILES string of the molecule is c1ccc(-c2ccc3ccc(N(c4ccc([Si](c5ccccc5)(c5ccccc5)c5ccccc5)cc4)c4cccc5c4c4ccccc4n5-c4ccccc4)cc3c2)cc1. The summed E-state index contributed by atoms with van der Waals surface area (Å²) in [6.07, 6.45) is 0. The number of rotatable bonds is 9. The molecule has 11 aromatic rings. The molecule has 11 rings (SSSR count). The minimum Gasteiger partial charge on any atom is -0.310 e. The Balaban J connectivity index is 1.16. The highest BCUT2D eigenvalue weighted by molar-refractivity contribution is 7.19. The number of aromatic nitrogens is 1. The molecule has 0 bridgehead atoms. The molecule has 0 aliphatic rings. The molecule has 0 fully saturated rings. The van der Waals surface area contributed by atoms with Crippen LogP contribution in [-0.4, -0.2) is 12.6 Å². The summed E-state index contributed by atoms with van der Waals surface area (Å²) in [6, 6.07) is 93.7. The van der Waals surface area contributed by atoms with E-state index in [4.69, 9.17) is 0 Å². The van der Waals surface area contributed by atoms with Crippen molar-refractivity contribution in [3.8, 4) is 16.8 Å². The normalized spacial score (nSPS) is 11.6. The van der Waals surface area contributed by atoms with E-state index in [-0.39, 0.29) is 0 Å². The zero-order valence-electron chi connectivity index (χ0n) is 33.6. The van der Waals surface area contributed by atoms with Crippen LogP contribution in [0.4, 0.5) is 17.1 Å². The highest BCUT2D eigenvalue weighted by Gasteiger charge is 2.41. The molecule has 0 aliphatic heterocycles. The van der Waals surface area contributed by atoms with Gasteiger partial charge in [0.05, 0.1) is 16.7 Å². The highest BCUT2D eigenvalue weighted by Crippen LogP contribution is 2.44. The van der Waals surface area contributed by atoms with Gasteiger partial charge in [-0.3, -0.25) is 0 Å². The molecule has 0 saturated heterocycles. The molecule has 0 unspecified atom stereocenters. The average Bonchev–Trinajstić information content (AvgIpc) is 3.69. The predicted molar refractivity (Wildman–Crippen MR) is 262 cm³/mol. The maximum absolute atomic E-state index is 2.73. The third-order valence-corrected chi connectivity index (χ3v) is 17.1. The van der Waals surface area contributed by atoms with Crippen molar-refractivity contribution in [1.29, 1.82) is 0 Å². The smallest absolute Gasteiger partial charge is 0.179 e. The fraction of sp³-hybridized carbons (Fsp3) is 0. The molecule has 288 valence electrons. The van der Waals surface area contributed by atoms with Gasteiger partial charge in [0, 0.05) is 27.8 Å². The van der Waals surface area contributed by atoms with Gasteiger partial charge >= 0.3 is 0 Å². The van der Waals surface area contributed by atoms with Gasteiger partial charge in [-0.2, -0.15) is 0 Å². The molecule has 0 radical (unpaired) electrons. The number of fused-ring (bicyclic) bond motifs is 4. The number of nitrogens with zero attached hydrogens (tertiary/aromatic N) is 2. The molecule has 1 aromatic heterocycles. The van der Waals surface area contributed by atoms with Crippen molar-refractivity contribution in [3.05, 3.63) is 255 Å². The van der Waals surface area contributed by atoms with Gasteiger partial charge in [-0.05, 0) is 103 Å². The van der Waals surface area contributed by atoms with Crippen LogP contribution in [0.25, 0.3) is 49.4 Å². The lowest BCUT2D eigenvalue weighted by Gasteiger charge is -2.35. The Bertz CT molecular complexity index is 3180. The Kier molecular flexibility index (Phi) is 9.22. The van der Waals surface area contributed by atoms with Gasteiger partial charge in [-0.15, -0.1) is 0 Å². The van der Waals surface area contributed by atoms with Crippen LogP contribution in [0, 0.1) is 0 Å². The fourth-order valence-electron chi connectivity index (χ4n) is 9.58. The third-order valence-electron chi connectivity index (χ3n) is 12.3. The van der Waals surface area contributed by atoms with Crippen LogP contribution in [0.15, 0.2) is 255 Å². The van der Waals surface area contributed by atoms with Gasteiger partial charge in [0.25, 0.3) is 0 Å². The molecule has 0 saturated carbocycles. The van der Waals surface area contributed by atoms with Gasteiger partial charge < -0.3 is 9.47 Å². The van der Waals surface area contributed by atoms with Crippen molar-refractivity contribution in [2.24, 2.45) is 0 Å². The van der Waals surface area contributed by atoms with Crippen LogP contribution in [0.1, 0.15) is 0 Å². The van der Waals surface area contributed by atoms with Crippen molar-refractivity contribution in [2.45, 2.75) is 0 Å². The standard InChI is InChI=1S/C58H42N2Si/c1-6-19-43(20-7-1)45-34-33-44-35-36-49(42-46(44)41-45)59(56-31-18-32-57-58(56)54-29-16-17-30-55(54)60(57)47-21-8-2-9-22-47)48-37-39-53(40-38-48)61(50-23-10-3-11-24-50,51-25-12-4-13-26-51)52-27-14-5-15-28-52/h1-42H. The summed E-state index contributed by atoms with van der Waals surface area (Å²) in [5, 5.41) is 10.3. The van der Waals surface area contributed by atoms with Gasteiger partial charge in [0.1, 0.15) is 0 Å². The molecule has 0 aliphatic carbocycles. The molecular weight excluding hydrogens is 753 g/mol. The number of anilines is 3. The molecule has 1 heterocycles. The first-order chi connectivity index (χ1) is 30.3. The van der Waals surface area contributed by atoms with Crippen molar-refractivity contribution in [2.75, 3.05) is 4.90 Å². The number of para-hydroxylation sites is 2. The van der Waals surface area contributed by atoms with E-state index >= 15 is 0 Å². The van der Waals surface area contributed by atoms with Crippen LogP contribution < -0.4 is 25.6 Å². The summed E-state index contributed by atoms with van der Waals surface area (Å²) in [5.41, 5.74) is 9.25. The summed E-state index contributed by atoms with van der Waals surface area (Å²) in [6.45, 7) is 0. The highest BCUT2D eigenvalue weighted by atomic mass is 28.3. The number of hydrogen-bond acceptors (Lipinski definition) is 1. The summed E-state index contributed by atoms with van der Waals surface area (Å²) in [7, 11) is -2.73. The van der Waals surface area contributed by atoms with Gasteiger partial charge in [0.2, 0.25) is 0 Å². The lowest BCUT2D eigenvalue weighted by Crippen LogP contribution is -2.74. The van der Waals surface area contributed by atoms with E-state index in [1.807, 2.05) is 0 Å². The zero-order valence-corrected chi connectivity index (χ0v) is 34.6. The largest absolute Gasteiger partial charge is 0.310 e. The molecule has 61 heavy (non-hydrogen) atoms. The van der Waals surface area contributed by atoms with E-state index in [2.05, 4.69) is 264 Å². The fourth-order valence-corrected chi connectivity index (χ4v) is 14.3. The Hall–Kier alpha value is -7.72. The van der Waals surface area contributed by atoms with Crippen LogP contribution in [0.5, 0.6) is 0 Å². The maximum Gasteiger partial charge on any atom is 0.179 e. The van der Waals surface area contributed by atoms with Gasteiger partial charge in [0.15, 0.2) is 8.07 Å². The molecule has 0 spiro atoms. The van der Waals surface area contributed by atoms with Crippen molar-refractivity contribution in [3.63, 3.8) is 0 Å². The van der Waals surface area contributed by atoms with E-state index in [1.54, 1.807) is 0 Å². The van der Waals surface area contributed by atoms with E-state index in [1.165, 1.54) is 64.5 Å². The molecular formula is C58H42N2Si. The Morgan fingerprint density at radius 1 is 0.328 bits per heavy atom. The van der Waals surface area contributed by atoms with E-state index in [0.717, 1.165) is 22.7 Å². The van der Waals surface area contributed by atoms with Crippen LogP contribution >= 0.6 is 0 Å². The zero-order chi connectivity index (χ0) is 40.6. The monoisotopic (exact) mass is 794 g/mol. The summed E-state index contributed by atoms with van der Waals surface area (Å²) in [5.74, 6) is 0. The van der Waals surface area contributed by atoms with Gasteiger partial charge in [-0.25, -0.2) is 0 Å². The lowest BCUT2D eigenvalue weighted by molar-refractivity contribution is 1.18. The van der Waals surface area contributed by atoms with Crippen LogP contribution in [0.2, 0.25) is 0 Å². The van der Waals surface area contributed by atoms with Gasteiger partial charge in [-0.1, -0.05) is 194 Å². The molecule has 3 heteroatoms. The Labute approximate surface area is 357 Å². The van der Waals surface area contributed by atoms with Crippen molar-refractivity contribution in [1.82, 2.24) is 4.57 Å². The Morgan fingerprint density at radius 2 is 0.836 bits per heavy atom. The number of benzene rings is 10. The second-order valence-corrected chi connectivity index (χ2v) is 19.5. The van der Waals surface area contributed by atoms with E-state index in [0.29, 0.717) is 0 Å². The maximum atomic E-state index is 2.47. The van der Waals surface area contributed by atoms with Crippen LogP contribution in [0.3, 0.4) is 0 Å². The minimum atomic E-state index is -2.73. The minimum absolute atomic E-state index is 1.10. The van der Waals surface area contributed by atoms with Crippen molar-refractivity contribution < 1.29 is 0 Å². The summed E-state index contributed by atoms with van der Waals surface area (Å²) in [4.78, 5) is 2.47. The molecule has 2 nitrogen and oxygen atoms in total. The molecule has 0 atom stereocenters. The Morgan fingerprint density at radius 3 is 1.48 bits per heavy atom. The first kappa shape index (κ1) is 36.4. The third kappa shape index (κ3) is 6.26. The second-order valence-electron chi connectivity index (χ2n) is 15.7. The first-order valence-electron chi connectivity index (χ1n) is 21.0. The second kappa shape index (κ2) is 15.5. The van der Waals surface area contributed by atoms with E-state index in [9.17, 15) is 0 Å². The summed E-state index contributed by atoms with van der Waals surface area (Å²) >= 11 is 0. The quantitative estimate of drug-likeness (QED) is 0.104. The number of hydrogen-bond donors (Lipinski definition) is 0. The summed E-state index contributed by atoms with van der Waals surface area (Å²) < 4.78 is 2.40. The average molecular weight is 795 g/mol. The first-order valence-corrected chi connectivity index (χ1v) is 23.0. The molecule has 0 amide bonds. The topological polar surface area (TPSA) is 8.17 Å². The van der Waals surface area contributed by atoms with E-state index < -0.39 is 8.07 Å².